The molecular weight excluding hydrogens is 212 g/mol. The fourth-order valence-electron chi connectivity index (χ4n) is 1.50. The number of hydrogen-bond acceptors (Lipinski definition) is 4. The van der Waals surface area contributed by atoms with Gasteiger partial charge >= 0.3 is 0 Å². The van der Waals surface area contributed by atoms with Crippen LogP contribution in [0, 0.1) is 10.1 Å². The van der Waals surface area contributed by atoms with Crippen molar-refractivity contribution in [3.05, 3.63) is 33.9 Å². The maximum absolute atomic E-state index is 10.5. The summed E-state index contributed by atoms with van der Waals surface area (Å²) in [6.45, 7) is 1.89. The van der Waals surface area contributed by atoms with Crippen LogP contribution in [0.1, 0.15) is 12.5 Å². The second-order valence-electron chi connectivity index (χ2n) is 3.26. The number of carboxylic acids is 1. The van der Waals surface area contributed by atoms with E-state index in [9.17, 15) is 10.1 Å². The molecule has 1 aromatic rings. The van der Waals surface area contributed by atoms with E-state index in [1.54, 1.807) is 12.1 Å². The Morgan fingerprint density at radius 3 is 2.75 bits per heavy atom. The first-order valence-electron chi connectivity index (χ1n) is 4.72. The molecule has 1 heterocycles. The van der Waals surface area contributed by atoms with Crippen LogP contribution >= 0.6 is 0 Å². The van der Waals surface area contributed by atoms with Crippen LogP contribution in [-0.4, -0.2) is 22.5 Å². The molecule has 1 aliphatic rings. The molecule has 0 bridgehead atoms. The van der Waals surface area contributed by atoms with Gasteiger partial charge < -0.3 is 10.4 Å². The zero-order valence-electron chi connectivity index (χ0n) is 8.77. The molecule has 0 saturated carbocycles. The van der Waals surface area contributed by atoms with Crippen LogP contribution in [0.5, 0.6) is 0 Å². The second kappa shape index (κ2) is 5.11. The molecule has 0 spiro atoms. The molecule has 0 radical (unpaired) electrons. The van der Waals surface area contributed by atoms with Crippen LogP contribution in [0.25, 0.3) is 0 Å². The van der Waals surface area contributed by atoms with Crippen LogP contribution in [0.2, 0.25) is 0 Å². The molecule has 0 atom stereocenters. The average molecular weight is 224 g/mol. The van der Waals surface area contributed by atoms with Gasteiger partial charge in [0.25, 0.3) is 11.7 Å². The highest BCUT2D eigenvalue weighted by Gasteiger charge is 2.20. The predicted molar refractivity (Wildman–Crippen MR) is 58.6 cm³/mol. The molecule has 1 aliphatic heterocycles. The van der Waals surface area contributed by atoms with E-state index in [-0.39, 0.29) is 10.6 Å². The normalized spacial score (nSPS) is 11.8. The van der Waals surface area contributed by atoms with Gasteiger partial charge in [-0.15, -0.1) is 0 Å². The van der Waals surface area contributed by atoms with Gasteiger partial charge in [-0.3, -0.25) is 14.9 Å². The van der Waals surface area contributed by atoms with Crippen molar-refractivity contribution in [2.75, 3.05) is 11.9 Å². The predicted octanol–water partition coefficient (Wildman–Crippen LogP) is 1.65. The van der Waals surface area contributed by atoms with Crippen molar-refractivity contribution in [1.82, 2.24) is 0 Å². The number of nitro benzene ring substituents is 1. The number of carbonyl (C=O) groups is 1. The number of anilines is 1. The summed E-state index contributed by atoms with van der Waals surface area (Å²) in [6.07, 6.45) is 0.756. The Morgan fingerprint density at radius 1 is 1.56 bits per heavy atom. The maximum Gasteiger partial charge on any atom is 0.300 e. The van der Waals surface area contributed by atoms with Crippen molar-refractivity contribution < 1.29 is 14.8 Å². The van der Waals surface area contributed by atoms with Gasteiger partial charge in [0.15, 0.2) is 0 Å². The van der Waals surface area contributed by atoms with E-state index in [2.05, 4.69) is 5.32 Å². The Kier molecular flexibility index (Phi) is 3.82. The first kappa shape index (κ1) is 12.0. The smallest absolute Gasteiger partial charge is 0.300 e. The molecule has 16 heavy (non-hydrogen) atoms. The molecule has 0 aromatic heterocycles. The van der Waals surface area contributed by atoms with Crippen molar-refractivity contribution in [2.24, 2.45) is 0 Å². The minimum Gasteiger partial charge on any atom is -0.481 e. The SMILES string of the molecule is CC(=O)O.O=[N+]([O-])c1cccc2c1CCN2. The highest BCUT2D eigenvalue weighted by molar-refractivity contribution is 5.63. The number of nitrogens with zero attached hydrogens (tertiary/aromatic N) is 1. The summed E-state index contributed by atoms with van der Waals surface area (Å²) in [5, 5.41) is 21.0. The molecule has 0 aliphatic carbocycles. The van der Waals surface area contributed by atoms with Gasteiger partial charge in [0.1, 0.15) is 0 Å². The molecule has 86 valence electrons. The van der Waals surface area contributed by atoms with Crippen molar-refractivity contribution in [3.8, 4) is 0 Å². The van der Waals surface area contributed by atoms with Gasteiger partial charge in [-0.05, 0) is 12.5 Å². The second-order valence-corrected chi connectivity index (χ2v) is 3.26. The molecule has 0 saturated heterocycles. The van der Waals surface area contributed by atoms with E-state index in [4.69, 9.17) is 9.90 Å². The monoisotopic (exact) mass is 224 g/mol. The van der Waals surface area contributed by atoms with Crippen molar-refractivity contribution in [3.63, 3.8) is 0 Å². The molecule has 1 aromatic carbocycles. The fraction of sp³-hybridized carbons (Fsp3) is 0.300. The minimum atomic E-state index is -0.833. The topological polar surface area (TPSA) is 92.5 Å². The number of nitro groups is 1. The van der Waals surface area contributed by atoms with Gasteiger partial charge in [0.2, 0.25) is 0 Å². The number of nitrogens with one attached hydrogen (secondary N) is 1. The Hall–Kier alpha value is -2.11. The molecule has 6 heteroatoms. The summed E-state index contributed by atoms with van der Waals surface area (Å²) in [6, 6.07) is 5.12. The molecule has 6 nitrogen and oxygen atoms in total. The van der Waals surface area contributed by atoms with E-state index in [0.717, 1.165) is 31.1 Å². The summed E-state index contributed by atoms with van der Waals surface area (Å²) in [5.41, 5.74) is 1.98. The zero-order valence-corrected chi connectivity index (χ0v) is 8.77. The van der Waals surface area contributed by atoms with Crippen molar-refractivity contribution in [2.45, 2.75) is 13.3 Å². The molecule has 2 N–H and O–H groups in total. The highest BCUT2D eigenvalue weighted by atomic mass is 16.6. The zero-order chi connectivity index (χ0) is 12.1. The summed E-state index contributed by atoms with van der Waals surface area (Å²) < 4.78 is 0. The lowest BCUT2D eigenvalue weighted by Gasteiger charge is -1.98. The first-order chi connectivity index (χ1) is 7.52. The lowest BCUT2D eigenvalue weighted by molar-refractivity contribution is -0.385. The molecule has 2 rings (SSSR count). The van der Waals surface area contributed by atoms with Gasteiger partial charge in [-0.2, -0.15) is 0 Å². The molecule has 0 fully saturated rings. The first-order valence-corrected chi connectivity index (χ1v) is 4.72. The van der Waals surface area contributed by atoms with E-state index in [0.29, 0.717) is 0 Å². The number of hydrogen-bond donors (Lipinski definition) is 2. The molecule has 0 unspecified atom stereocenters. The van der Waals surface area contributed by atoms with Crippen LogP contribution in [0.15, 0.2) is 18.2 Å². The van der Waals surface area contributed by atoms with Crippen LogP contribution < -0.4 is 5.32 Å². The number of aliphatic carboxylic acids is 1. The number of benzene rings is 1. The Morgan fingerprint density at radius 2 is 2.19 bits per heavy atom. The number of fused-ring (bicyclic) bond motifs is 1. The lowest BCUT2D eigenvalue weighted by atomic mass is 10.1. The van der Waals surface area contributed by atoms with Crippen LogP contribution in [0.4, 0.5) is 11.4 Å². The maximum atomic E-state index is 10.5. The van der Waals surface area contributed by atoms with Crippen molar-refractivity contribution in [1.29, 1.82) is 0 Å². The van der Waals surface area contributed by atoms with E-state index in [1.165, 1.54) is 0 Å². The van der Waals surface area contributed by atoms with Crippen LogP contribution in [0.3, 0.4) is 0 Å². The third-order valence-electron chi connectivity index (χ3n) is 2.04. The van der Waals surface area contributed by atoms with E-state index < -0.39 is 5.97 Å². The minimum absolute atomic E-state index is 0.234. The summed E-state index contributed by atoms with van der Waals surface area (Å²) in [5.74, 6) is -0.833. The fourth-order valence-corrected chi connectivity index (χ4v) is 1.50. The number of rotatable bonds is 1. The van der Waals surface area contributed by atoms with Gasteiger partial charge in [-0.25, -0.2) is 0 Å². The van der Waals surface area contributed by atoms with Crippen molar-refractivity contribution >= 4 is 17.3 Å². The Balaban J connectivity index is 0.000000280. The quantitative estimate of drug-likeness (QED) is 0.559. The Bertz CT molecular complexity index is 413. The van der Waals surface area contributed by atoms with Gasteiger partial charge in [0.05, 0.1) is 10.5 Å². The largest absolute Gasteiger partial charge is 0.481 e. The third kappa shape index (κ3) is 2.94. The van der Waals surface area contributed by atoms with E-state index in [1.807, 2.05) is 6.07 Å². The summed E-state index contributed by atoms with van der Waals surface area (Å²) in [4.78, 5) is 19.2. The average Bonchev–Trinajstić information content (AvgIpc) is 2.63. The van der Waals surface area contributed by atoms with E-state index >= 15 is 0 Å². The molecular formula is C10H12N2O4. The highest BCUT2D eigenvalue weighted by Crippen LogP contribution is 2.30. The third-order valence-corrected chi connectivity index (χ3v) is 2.04. The molecule has 0 amide bonds. The summed E-state index contributed by atoms with van der Waals surface area (Å²) in [7, 11) is 0. The van der Waals surface area contributed by atoms with Gasteiger partial charge in [0, 0.05) is 25.2 Å². The summed E-state index contributed by atoms with van der Waals surface area (Å²) >= 11 is 0. The van der Waals surface area contributed by atoms with Crippen LogP contribution in [-0.2, 0) is 11.2 Å². The Labute approximate surface area is 92.0 Å². The lowest BCUT2D eigenvalue weighted by Crippen LogP contribution is -1.92. The number of carboxylic acid groups (broad SMARTS) is 1. The van der Waals surface area contributed by atoms with Gasteiger partial charge in [-0.1, -0.05) is 6.07 Å². The standard InChI is InChI=1S/C8H8N2O2.C2H4O2/c11-10(12)8-3-1-2-7-6(8)4-5-9-7;1-2(3)4/h1-3,9H,4-5H2;1H3,(H,3,4).